The molecule has 0 unspecified atom stereocenters. The molecule has 0 radical (unpaired) electrons. The van der Waals surface area contributed by atoms with Crippen LogP contribution in [0.1, 0.15) is 36.2 Å². The van der Waals surface area contributed by atoms with Crippen molar-refractivity contribution >= 4 is 16.9 Å². The fraction of sp³-hybridized carbons (Fsp3) is 0.333. The molecule has 4 nitrogen and oxygen atoms in total. The predicted molar refractivity (Wildman–Crippen MR) is 72.4 cm³/mol. The first kappa shape index (κ1) is 13.7. The lowest BCUT2D eigenvalue weighted by atomic mass is 10.1. The number of carbonyl (C=O) groups is 1. The van der Waals surface area contributed by atoms with Crippen molar-refractivity contribution in [2.75, 3.05) is 6.61 Å². The molecule has 1 aliphatic carbocycles. The van der Waals surface area contributed by atoms with Crippen LogP contribution in [-0.2, 0) is 4.74 Å². The fourth-order valence-electron chi connectivity index (χ4n) is 2.40. The molecule has 1 heterocycles. The molecule has 1 aromatic carbocycles. The van der Waals surface area contributed by atoms with Gasteiger partial charge in [0.25, 0.3) is 0 Å². The van der Waals surface area contributed by atoms with Gasteiger partial charge in [-0.1, -0.05) is 0 Å². The predicted octanol–water partition coefficient (Wildman–Crippen LogP) is 2.79. The van der Waals surface area contributed by atoms with Crippen molar-refractivity contribution in [2.45, 2.75) is 25.8 Å². The smallest absolute Gasteiger partial charge is 0.343 e. The molecule has 6 heteroatoms. The van der Waals surface area contributed by atoms with Crippen molar-refractivity contribution < 1.29 is 18.3 Å². The number of halogens is 2. The Morgan fingerprint density at radius 1 is 1.38 bits per heavy atom. The van der Waals surface area contributed by atoms with E-state index in [1.807, 2.05) is 0 Å². The van der Waals surface area contributed by atoms with Crippen molar-refractivity contribution in [2.24, 2.45) is 0 Å². The molecule has 0 bridgehead atoms. The summed E-state index contributed by atoms with van der Waals surface area (Å²) in [7, 11) is 0. The minimum Gasteiger partial charge on any atom is -0.462 e. The third kappa shape index (κ3) is 2.30. The third-order valence-electron chi connectivity index (χ3n) is 3.48. The average Bonchev–Trinajstić information content (AvgIpc) is 3.24. The van der Waals surface area contributed by atoms with Gasteiger partial charge >= 0.3 is 5.97 Å². The Balaban J connectivity index is 2.34. The number of benzene rings is 1. The Morgan fingerprint density at radius 2 is 2.10 bits per heavy atom. The summed E-state index contributed by atoms with van der Waals surface area (Å²) in [6.45, 7) is 1.74. The van der Waals surface area contributed by atoms with Crippen molar-refractivity contribution in [3.05, 3.63) is 45.8 Å². The van der Waals surface area contributed by atoms with Crippen LogP contribution in [0.3, 0.4) is 0 Å². The highest BCUT2D eigenvalue weighted by molar-refractivity contribution is 5.94. The van der Waals surface area contributed by atoms with Gasteiger partial charge in [-0.3, -0.25) is 4.79 Å². The van der Waals surface area contributed by atoms with E-state index in [0.717, 1.165) is 25.0 Å². The molecule has 1 fully saturated rings. The zero-order valence-corrected chi connectivity index (χ0v) is 11.4. The Morgan fingerprint density at radius 3 is 2.71 bits per heavy atom. The summed E-state index contributed by atoms with van der Waals surface area (Å²) in [5, 5.41) is -0.134. The van der Waals surface area contributed by atoms with E-state index < -0.39 is 23.0 Å². The lowest BCUT2D eigenvalue weighted by Crippen LogP contribution is -2.21. The van der Waals surface area contributed by atoms with Crippen LogP contribution in [0.15, 0.2) is 23.1 Å². The average molecular weight is 293 g/mol. The van der Waals surface area contributed by atoms with Gasteiger partial charge in [0.2, 0.25) is 5.43 Å². The Hall–Kier alpha value is -2.24. The van der Waals surface area contributed by atoms with Crippen LogP contribution in [0, 0.1) is 11.6 Å². The van der Waals surface area contributed by atoms with Crippen LogP contribution in [0.5, 0.6) is 0 Å². The van der Waals surface area contributed by atoms with Crippen molar-refractivity contribution in [1.29, 1.82) is 0 Å². The lowest BCUT2D eigenvalue weighted by molar-refractivity contribution is 0.0524. The number of hydrogen-bond acceptors (Lipinski definition) is 3. The van der Waals surface area contributed by atoms with Crippen LogP contribution in [0.25, 0.3) is 10.9 Å². The maximum atomic E-state index is 14.0. The topological polar surface area (TPSA) is 48.3 Å². The van der Waals surface area contributed by atoms with E-state index in [2.05, 4.69) is 0 Å². The molecule has 21 heavy (non-hydrogen) atoms. The molecule has 0 aliphatic heterocycles. The molecule has 3 rings (SSSR count). The Labute approximate surface area is 118 Å². The highest BCUT2D eigenvalue weighted by Gasteiger charge is 2.28. The summed E-state index contributed by atoms with van der Waals surface area (Å²) in [5.41, 5.74) is -0.864. The minimum absolute atomic E-state index is 0.0289. The number of hydrogen-bond donors (Lipinski definition) is 0. The second-order valence-electron chi connectivity index (χ2n) is 5.01. The van der Waals surface area contributed by atoms with Gasteiger partial charge < -0.3 is 9.30 Å². The largest absolute Gasteiger partial charge is 0.462 e. The van der Waals surface area contributed by atoms with Gasteiger partial charge in [0.05, 0.1) is 17.5 Å². The lowest BCUT2D eigenvalue weighted by Gasteiger charge is -2.13. The number of carbonyl (C=O) groups excluding carboxylic acids is 1. The Kier molecular flexibility index (Phi) is 3.23. The van der Waals surface area contributed by atoms with E-state index in [4.69, 9.17) is 4.74 Å². The monoisotopic (exact) mass is 293 g/mol. The molecule has 0 amide bonds. The molecule has 1 aliphatic rings. The molecular weight excluding hydrogens is 280 g/mol. The van der Waals surface area contributed by atoms with Gasteiger partial charge in [-0.2, -0.15) is 0 Å². The van der Waals surface area contributed by atoms with Crippen LogP contribution in [0.4, 0.5) is 8.78 Å². The number of rotatable bonds is 3. The first-order chi connectivity index (χ1) is 10.0. The second-order valence-corrected chi connectivity index (χ2v) is 5.01. The van der Waals surface area contributed by atoms with E-state index in [-0.39, 0.29) is 29.1 Å². The molecule has 1 aromatic heterocycles. The summed E-state index contributed by atoms with van der Waals surface area (Å²) in [6.07, 6.45) is 2.98. The number of esters is 1. The van der Waals surface area contributed by atoms with Gasteiger partial charge in [-0.25, -0.2) is 13.6 Å². The quantitative estimate of drug-likeness (QED) is 0.818. The second kappa shape index (κ2) is 4.95. The highest BCUT2D eigenvalue weighted by atomic mass is 19.1. The molecule has 0 saturated heterocycles. The first-order valence-corrected chi connectivity index (χ1v) is 6.74. The van der Waals surface area contributed by atoms with Crippen LogP contribution in [0.2, 0.25) is 0 Å². The van der Waals surface area contributed by atoms with E-state index >= 15 is 0 Å². The zero-order chi connectivity index (χ0) is 15.1. The number of ether oxygens (including phenoxy) is 1. The van der Waals surface area contributed by atoms with Crippen LogP contribution >= 0.6 is 0 Å². The van der Waals surface area contributed by atoms with Crippen molar-refractivity contribution in [1.82, 2.24) is 4.57 Å². The van der Waals surface area contributed by atoms with E-state index in [1.54, 1.807) is 6.92 Å². The SMILES string of the molecule is CCOC(=O)c1cn(C2CC2)c2c(F)cc(F)cc2c1=O. The molecule has 1 saturated carbocycles. The number of fused-ring (bicyclic) bond motifs is 1. The molecule has 0 spiro atoms. The Bertz CT molecular complexity index is 794. The zero-order valence-electron chi connectivity index (χ0n) is 11.4. The maximum Gasteiger partial charge on any atom is 0.343 e. The van der Waals surface area contributed by atoms with Crippen molar-refractivity contribution in [3.63, 3.8) is 0 Å². The number of aromatic nitrogens is 1. The van der Waals surface area contributed by atoms with Gasteiger partial charge in [0.1, 0.15) is 11.4 Å². The number of nitrogens with zero attached hydrogens (tertiary/aromatic N) is 1. The van der Waals surface area contributed by atoms with E-state index in [1.165, 1.54) is 10.8 Å². The molecule has 110 valence electrons. The summed E-state index contributed by atoms with van der Waals surface area (Å²) < 4.78 is 33.8. The molecule has 2 aromatic rings. The summed E-state index contributed by atoms with van der Waals surface area (Å²) >= 11 is 0. The summed E-state index contributed by atoms with van der Waals surface area (Å²) in [5.74, 6) is -2.42. The fourth-order valence-corrected chi connectivity index (χ4v) is 2.40. The standard InChI is InChI=1S/C15H13F2NO3/c1-2-21-15(20)11-7-18(9-3-4-9)13-10(14(11)19)5-8(16)6-12(13)17/h5-7,9H,2-4H2,1H3. The van der Waals surface area contributed by atoms with Gasteiger partial charge in [-0.05, 0) is 25.8 Å². The summed E-state index contributed by atoms with van der Waals surface area (Å²) in [6, 6.07) is 1.73. The van der Waals surface area contributed by atoms with Crippen LogP contribution in [-0.4, -0.2) is 17.1 Å². The van der Waals surface area contributed by atoms with Gasteiger partial charge in [0.15, 0.2) is 5.82 Å². The number of pyridine rings is 1. The third-order valence-corrected chi connectivity index (χ3v) is 3.48. The van der Waals surface area contributed by atoms with Gasteiger partial charge in [-0.15, -0.1) is 0 Å². The molecule has 0 N–H and O–H groups in total. The minimum atomic E-state index is -0.847. The normalized spacial score (nSPS) is 14.4. The maximum absolute atomic E-state index is 14.0. The molecular formula is C15H13F2NO3. The highest BCUT2D eigenvalue weighted by Crippen LogP contribution is 2.37. The first-order valence-electron chi connectivity index (χ1n) is 6.74. The molecule has 0 atom stereocenters. The van der Waals surface area contributed by atoms with E-state index in [0.29, 0.717) is 0 Å². The summed E-state index contributed by atoms with van der Waals surface area (Å²) in [4.78, 5) is 24.1. The van der Waals surface area contributed by atoms with Gasteiger partial charge in [0, 0.05) is 18.3 Å². The van der Waals surface area contributed by atoms with Crippen molar-refractivity contribution in [3.8, 4) is 0 Å². The van der Waals surface area contributed by atoms with Crippen LogP contribution < -0.4 is 5.43 Å². The van der Waals surface area contributed by atoms with E-state index in [9.17, 15) is 18.4 Å².